The van der Waals surface area contributed by atoms with Gasteiger partial charge in [0.1, 0.15) is 10.6 Å². The highest BCUT2D eigenvalue weighted by Crippen LogP contribution is 2.46. The van der Waals surface area contributed by atoms with E-state index in [1.165, 1.54) is 44.1 Å². The molecule has 5 rings (SSSR count). The van der Waals surface area contributed by atoms with Gasteiger partial charge in [-0.05, 0) is 42.9 Å². The molecule has 1 saturated carbocycles. The molecule has 8 heteroatoms. The number of ether oxygens (including phenoxy) is 1. The molecule has 0 amide bonds. The fourth-order valence-electron chi connectivity index (χ4n) is 5.45. The standard InChI is InChI=1S/C25H32N4O3S/c1-15-4-3-5-18(10-15)29-14-27-19-11-17(6-7-20(19)29)23-22(26)21(25(31)32-2)24(33-23)28-9-8-16(12-28)13-30/h6-7,11,14-16,18,30H,3-5,8-10,12-13,26H2,1-2H3. The van der Waals surface area contributed by atoms with Crippen molar-refractivity contribution >= 4 is 39.0 Å². The number of aromatic nitrogens is 2. The fraction of sp³-hybridized carbons (Fsp3) is 0.520. The van der Waals surface area contributed by atoms with Crippen LogP contribution >= 0.6 is 11.3 Å². The maximum Gasteiger partial charge on any atom is 0.343 e. The molecule has 3 unspecified atom stereocenters. The first kappa shape index (κ1) is 22.2. The van der Waals surface area contributed by atoms with E-state index in [9.17, 15) is 9.90 Å². The van der Waals surface area contributed by atoms with E-state index >= 15 is 0 Å². The summed E-state index contributed by atoms with van der Waals surface area (Å²) < 4.78 is 7.40. The summed E-state index contributed by atoms with van der Waals surface area (Å²) in [5, 5.41) is 10.4. The number of nitrogen functional groups attached to an aromatic ring is 1. The van der Waals surface area contributed by atoms with Crippen molar-refractivity contribution in [3.63, 3.8) is 0 Å². The number of imidazole rings is 1. The zero-order chi connectivity index (χ0) is 23.1. The third kappa shape index (κ3) is 3.99. The minimum Gasteiger partial charge on any atom is -0.465 e. The number of benzene rings is 1. The Morgan fingerprint density at radius 3 is 2.91 bits per heavy atom. The van der Waals surface area contributed by atoms with Gasteiger partial charge in [0.15, 0.2) is 0 Å². The minimum absolute atomic E-state index is 0.150. The van der Waals surface area contributed by atoms with Crippen LogP contribution in [0, 0.1) is 11.8 Å². The zero-order valence-corrected chi connectivity index (χ0v) is 20.1. The van der Waals surface area contributed by atoms with Crippen LogP contribution in [-0.2, 0) is 4.74 Å². The monoisotopic (exact) mass is 468 g/mol. The second kappa shape index (κ2) is 8.99. The van der Waals surface area contributed by atoms with Crippen molar-refractivity contribution in [2.45, 2.75) is 45.1 Å². The van der Waals surface area contributed by atoms with E-state index in [2.05, 4.69) is 34.6 Å². The number of carbonyl (C=O) groups excluding carboxylic acids is 1. The van der Waals surface area contributed by atoms with E-state index in [1.807, 2.05) is 6.33 Å². The van der Waals surface area contributed by atoms with Gasteiger partial charge in [-0.3, -0.25) is 0 Å². The molecule has 3 atom stereocenters. The van der Waals surface area contributed by atoms with Crippen molar-refractivity contribution in [2.24, 2.45) is 11.8 Å². The molecule has 1 aliphatic carbocycles. The average Bonchev–Trinajstić information content (AvgIpc) is 3.54. The minimum atomic E-state index is -0.422. The van der Waals surface area contributed by atoms with E-state index in [0.29, 0.717) is 23.8 Å². The molecule has 0 bridgehead atoms. The van der Waals surface area contributed by atoms with Crippen LogP contribution < -0.4 is 10.6 Å². The number of anilines is 2. The van der Waals surface area contributed by atoms with Gasteiger partial charge in [0.25, 0.3) is 0 Å². The Bertz CT molecular complexity index is 1170. The lowest BCUT2D eigenvalue weighted by Crippen LogP contribution is -2.22. The topological polar surface area (TPSA) is 93.6 Å². The Morgan fingerprint density at radius 2 is 2.18 bits per heavy atom. The second-order valence-electron chi connectivity index (χ2n) is 9.58. The lowest BCUT2D eigenvalue weighted by molar-refractivity contribution is 0.0603. The number of rotatable bonds is 5. The van der Waals surface area contributed by atoms with Gasteiger partial charge in [-0.15, -0.1) is 11.3 Å². The van der Waals surface area contributed by atoms with Gasteiger partial charge in [-0.2, -0.15) is 0 Å². The molecule has 1 saturated heterocycles. The van der Waals surface area contributed by atoms with Crippen LogP contribution in [0.5, 0.6) is 0 Å². The molecule has 1 aliphatic heterocycles. The average molecular weight is 469 g/mol. The second-order valence-corrected chi connectivity index (χ2v) is 10.6. The van der Waals surface area contributed by atoms with Crippen LogP contribution in [0.3, 0.4) is 0 Å². The first-order valence-electron chi connectivity index (χ1n) is 11.8. The molecule has 2 aliphatic rings. The predicted molar refractivity (Wildman–Crippen MR) is 133 cm³/mol. The summed E-state index contributed by atoms with van der Waals surface area (Å²) >= 11 is 1.52. The summed E-state index contributed by atoms with van der Waals surface area (Å²) in [6, 6.07) is 6.79. The van der Waals surface area contributed by atoms with Gasteiger partial charge in [-0.1, -0.05) is 25.8 Å². The quantitative estimate of drug-likeness (QED) is 0.527. The summed E-state index contributed by atoms with van der Waals surface area (Å²) in [7, 11) is 1.38. The summed E-state index contributed by atoms with van der Waals surface area (Å²) in [6.07, 6.45) is 7.84. The molecule has 2 fully saturated rings. The molecular weight excluding hydrogens is 436 g/mol. The van der Waals surface area contributed by atoms with Gasteiger partial charge in [0, 0.05) is 31.7 Å². The van der Waals surface area contributed by atoms with Crippen molar-refractivity contribution in [1.29, 1.82) is 0 Å². The highest BCUT2D eigenvalue weighted by atomic mass is 32.1. The Hall–Kier alpha value is -2.58. The summed E-state index contributed by atoms with van der Waals surface area (Å²) in [5.41, 5.74) is 10.5. The number of carbonyl (C=O) groups is 1. The highest BCUT2D eigenvalue weighted by molar-refractivity contribution is 7.20. The largest absolute Gasteiger partial charge is 0.465 e. The molecule has 176 valence electrons. The molecule has 1 aromatic carbocycles. The number of nitrogens with zero attached hydrogens (tertiary/aromatic N) is 3. The third-order valence-electron chi connectivity index (χ3n) is 7.29. The SMILES string of the molecule is COC(=O)c1c(N2CCC(CO)C2)sc(-c2ccc3c(c2)ncn3C2CCCC(C)C2)c1N. The van der Waals surface area contributed by atoms with Gasteiger partial charge in [-0.25, -0.2) is 9.78 Å². The van der Waals surface area contributed by atoms with Crippen molar-refractivity contribution in [2.75, 3.05) is 37.4 Å². The van der Waals surface area contributed by atoms with Crippen LogP contribution in [0.1, 0.15) is 55.4 Å². The number of nitrogens with two attached hydrogens (primary N) is 1. The summed E-state index contributed by atoms with van der Waals surface area (Å²) in [6.45, 7) is 3.99. The lowest BCUT2D eigenvalue weighted by atomic mass is 9.87. The van der Waals surface area contributed by atoms with Gasteiger partial charge < -0.3 is 25.0 Å². The van der Waals surface area contributed by atoms with E-state index < -0.39 is 5.97 Å². The molecule has 2 aromatic heterocycles. The maximum absolute atomic E-state index is 12.6. The maximum atomic E-state index is 12.6. The number of aliphatic hydroxyl groups is 1. The number of esters is 1. The number of thiophene rings is 1. The van der Waals surface area contributed by atoms with Crippen molar-refractivity contribution in [3.05, 3.63) is 30.1 Å². The first-order chi connectivity index (χ1) is 16.0. The number of hydrogen-bond donors (Lipinski definition) is 2. The Labute approximate surface area is 198 Å². The fourth-order valence-corrected chi connectivity index (χ4v) is 6.69. The Morgan fingerprint density at radius 1 is 1.33 bits per heavy atom. The van der Waals surface area contributed by atoms with Crippen LogP contribution in [0.4, 0.5) is 10.7 Å². The number of methoxy groups -OCH3 is 1. The lowest BCUT2D eigenvalue weighted by Gasteiger charge is -2.28. The molecule has 0 spiro atoms. The zero-order valence-electron chi connectivity index (χ0n) is 19.3. The number of hydrogen-bond acceptors (Lipinski definition) is 7. The molecule has 33 heavy (non-hydrogen) atoms. The van der Waals surface area contributed by atoms with Crippen LogP contribution in [-0.4, -0.2) is 47.4 Å². The molecule has 3 aromatic rings. The van der Waals surface area contributed by atoms with Gasteiger partial charge in [0.2, 0.25) is 0 Å². The molecular formula is C25H32N4O3S. The predicted octanol–water partition coefficient (Wildman–Crippen LogP) is 4.70. The van der Waals surface area contributed by atoms with Crippen molar-refractivity contribution < 1.29 is 14.6 Å². The van der Waals surface area contributed by atoms with Gasteiger partial charge in [0.05, 0.1) is 35.0 Å². The van der Waals surface area contributed by atoms with E-state index in [0.717, 1.165) is 45.4 Å². The van der Waals surface area contributed by atoms with E-state index in [4.69, 9.17) is 15.5 Å². The normalized spacial score (nSPS) is 23.4. The third-order valence-corrected chi connectivity index (χ3v) is 8.60. The molecule has 0 radical (unpaired) electrons. The van der Waals surface area contributed by atoms with Gasteiger partial charge >= 0.3 is 5.97 Å². The molecule has 3 heterocycles. The van der Waals surface area contributed by atoms with E-state index in [-0.39, 0.29) is 12.5 Å². The smallest absolute Gasteiger partial charge is 0.343 e. The number of fused-ring (bicyclic) bond motifs is 1. The molecule has 7 nitrogen and oxygen atoms in total. The Kier molecular flexibility index (Phi) is 6.05. The van der Waals surface area contributed by atoms with Crippen molar-refractivity contribution in [1.82, 2.24) is 9.55 Å². The summed E-state index contributed by atoms with van der Waals surface area (Å²) in [5.74, 6) is 0.539. The molecule has 3 N–H and O–H groups in total. The highest BCUT2D eigenvalue weighted by Gasteiger charge is 2.31. The number of aliphatic hydroxyl groups excluding tert-OH is 1. The summed E-state index contributed by atoms with van der Waals surface area (Å²) in [4.78, 5) is 20.4. The first-order valence-corrected chi connectivity index (χ1v) is 12.6. The van der Waals surface area contributed by atoms with Crippen LogP contribution in [0.2, 0.25) is 0 Å². The van der Waals surface area contributed by atoms with E-state index in [1.54, 1.807) is 0 Å². The van der Waals surface area contributed by atoms with Crippen LogP contribution in [0.15, 0.2) is 24.5 Å². The van der Waals surface area contributed by atoms with Crippen LogP contribution in [0.25, 0.3) is 21.5 Å². The van der Waals surface area contributed by atoms with Crippen molar-refractivity contribution in [3.8, 4) is 10.4 Å². The Balaban J connectivity index is 1.52.